The fourth-order valence-electron chi connectivity index (χ4n) is 3.57. The van der Waals surface area contributed by atoms with Gasteiger partial charge in [0.15, 0.2) is 5.82 Å². The Kier molecular flexibility index (Phi) is 3.87. The summed E-state index contributed by atoms with van der Waals surface area (Å²) in [6, 6.07) is 14.0. The maximum absolute atomic E-state index is 12.9. The van der Waals surface area contributed by atoms with Crippen molar-refractivity contribution in [2.45, 2.75) is 18.8 Å². The second-order valence-corrected chi connectivity index (χ2v) is 6.52. The van der Waals surface area contributed by atoms with E-state index < -0.39 is 0 Å². The summed E-state index contributed by atoms with van der Waals surface area (Å²) in [5, 5.41) is 3.93. The van der Waals surface area contributed by atoms with E-state index in [9.17, 15) is 4.79 Å². The predicted octanol–water partition coefficient (Wildman–Crippen LogP) is 2.74. The number of rotatable bonds is 3. The van der Waals surface area contributed by atoms with E-state index in [0.717, 1.165) is 0 Å². The first-order valence-electron chi connectivity index (χ1n) is 8.39. The molecular formula is C19H20N4O2. The number of aryl methyl sites for hydroxylation is 2. The molecule has 0 spiro atoms. The first-order valence-corrected chi connectivity index (χ1v) is 8.39. The van der Waals surface area contributed by atoms with Crippen LogP contribution in [0.1, 0.15) is 39.6 Å². The van der Waals surface area contributed by atoms with Gasteiger partial charge in [0.05, 0.1) is 5.92 Å². The van der Waals surface area contributed by atoms with Crippen LogP contribution >= 0.6 is 0 Å². The number of likely N-dealkylation sites (tertiary alicyclic amines) is 1. The first kappa shape index (κ1) is 15.6. The lowest BCUT2D eigenvalue weighted by atomic mass is 9.89. The average Bonchev–Trinajstić information content (AvgIpc) is 3.34. The van der Waals surface area contributed by atoms with Crippen LogP contribution in [-0.2, 0) is 7.05 Å². The molecule has 0 radical (unpaired) electrons. The van der Waals surface area contributed by atoms with E-state index in [1.54, 1.807) is 0 Å². The highest BCUT2D eigenvalue weighted by Gasteiger charge is 2.40. The van der Waals surface area contributed by atoms with Crippen molar-refractivity contribution in [3.63, 3.8) is 0 Å². The Labute approximate surface area is 146 Å². The van der Waals surface area contributed by atoms with Gasteiger partial charge in [0.25, 0.3) is 5.91 Å². The second kappa shape index (κ2) is 6.20. The largest absolute Gasteiger partial charge is 0.347 e. The number of amides is 1. The van der Waals surface area contributed by atoms with Gasteiger partial charge in [0, 0.05) is 32.3 Å². The molecule has 0 saturated carbocycles. The molecule has 2 atom stereocenters. The van der Waals surface area contributed by atoms with Crippen molar-refractivity contribution in [2.24, 2.45) is 7.05 Å². The molecule has 0 bridgehead atoms. The molecule has 2 aromatic heterocycles. The number of carbonyl (C=O) groups is 1. The molecule has 1 aliphatic heterocycles. The highest BCUT2D eigenvalue weighted by atomic mass is 16.5. The van der Waals surface area contributed by atoms with Crippen molar-refractivity contribution in [2.75, 3.05) is 13.1 Å². The molecule has 4 rings (SSSR count). The molecule has 1 fully saturated rings. The van der Waals surface area contributed by atoms with Crippen LogP contribution < -0.4 is 0 Å². The fraction of sp³-hybridized carbons (Fsp3) is 0.316. The van der Waals surface area contributed by atoms with E-state index in [2.05, 4.69) is 22.3 Å². The Morgan fingerprint density at radius 3 is 2.52 bits per heavy atom. The van der Waals surface area contributed by atoms with Gasteiger partial charge in [-0.05, 0) is 24.6 Å². The predicted molar refractivity (Wildman–Crippen MR) is 92.3 cm³/mol. The minimum Gasteiger partial charge on any atom is -0.347 e. The minimum absolute atomic E-state index is 0.00724. The molecule has 3 heterocycles. The van der Waals surface area contributed by atoms with E-state index in [1.165, 1.54) is 5.56 Å². The number of nitrogens with zero attached hydrogens (tertiary/aromatic N) is 4. The lowest BCUT2D eigenvalue weighted by molar-refractivity contribution is 0.0778. The molecule has 1 aliphatic rings. The Hall–Kier alpha value is -2.89. The zero-order chi connectivity index (χ0) is 17.4. The van der Waals surface area contributed by atoms with Crippen LogP contribution in [0.2, 0.25) is 0 Å². The molecule has 1 amide bonds. The van der Waals surface area contributed by atoms with Crippen LogP contribution in [-0.4, -0.2) is 38.6 Å². The minimum atomic E-state index is 0.00724. The van der Waals surface area contributed by atoms with Crippen LogP contribution in [0.3, 0.4) is 0 Å². The van der Waals surface area contributed by atoms with E-state index in [4.69, 9.17) is 4.52 Å². The van der Waals surface area contributed by atoms with Crippen LogP contribution in [0.4, 0.5) is 0 Å². The van der Waals surface area contributed by atoms with E-state index in [0.29, 0.717) is 30.5 Å². The van der Waals surface area contributed by atoms with Gasteiger partial charge < -0.3 is 14.0 Å². The zero-order valence-corrected chi connectivity index (χ0v) is 14.3. The quantitative estimate of drug-likeness (QED) is 0.738. The summed E-state index contributed by atoms with van der Waals surface area (Å²) in [5.41, 5.74) is 1.87. The van der Waals surface area contributed by atoms with Crippen molar-refractivity contribution < 1.29 is 9.32 Å². The maximum Gasteiger partial charge on any atom is 0.270 e. The van der Waals surface area contributed by atoms with Gasteiger partial charge in [0.2, 0.25) is 5.89 Å². The SMILES string of the molecule is Cc1noc([C@H]2CN(C(=O)c3cccn3C)C[C@@H]2c2ccccc2)n1. The lowest BCUT2D eigenvalue weighted by Gasteiger charge is -2.17. The van der Waals surface area contributed by atoms with Gasteiger partial charge >= 0.3 is 0 Å². The highest BCUT2D eigenvalue weighted by molar-refractivity contribution is 5.93. The fourth-order valence-corrected chi connectivity index (χ4v) is 3.57. The van der Waals surface area contributed by atoms with E-state index in [1.807, 2.05) is 60.0 Å². The van der Waals surface area contributed by atoms with Gasteiger partial charge in [0.1, 0.15) is 5.69 Å². The molecule has 128 valence electrons. The van der Waals surface area contributed by atoms with Crippen molar-refractivity contribution in [1.29, 1.82) is 0 Å². The molecule has 1 aromatic carbocycles. The van der Waals surface area contributed by atoms with Gasteiger partial charge in [-0.2, -0.15) is 4.98 Å². The van der Waals surface area contributed by atoms with Crippen LogP contribution in [0.5, 0.6) is 0 Å². The summed E-state index contributed by atoms with van der Waals surface area (Å²) >= 11 is 0. The third-order valence-corrected chi connectivity index (χ3v) is 4.86. The maximum atomic E-state index is 12.9. The number of hydrogen-bond acceptors (Lipinski definition) is 4. The van der Waals surface area contributed by atoms with Crippen molar-refractivity contribution in [1.82, 2.24) is 19.6 Å². The van der Waals surface area contributed by atoms with Crippen LogP contribution in [0, 0.1) is 6.92 Å². The number of hydrogen-bond donors (Lipinski definition) is 0. The Morgan fingerprint density at radius 1 is 1.12 bits per heavy atom. The normalized spacial score (nSPS) is 20.2. The molecule has 25 heavy (non-hydrogen) atoms. The molecular weight excluding hydrogens is 316 g/mol. The molecule has 0 aliphatic carbocycles. The summed E-state index contributed by atoms with van der Waals surface area (Å²) in [7, 11) is 1.89. The van der Waals surface area contributed by atoms with Crippen LogP contribution in [0.15, 0.2) is 53.2 Å². The third kappa shape index (κ3) is 2.84. The summed E-state index contributed by atoms with van der Waals surface area (Å²) in [6.07, 6.45) is 1.89. The van der Waals surface area contributed by atoms with E-state index in [-0.39, 0.29) is 17.7 Å². The van der Waals surface area contributed by atoms with Gasteiger partial charge in [-0.15, -0.1) is 0 Å². The van der Waals surface area contributed by atoms with Crippen molar-refractivity contribution in [3.8, 4) is 0 Å². The van der Waals surface area contributed by atoms with E-state index >= 15 is 0 Å². The first-order chi connectivity index (χ1) is 12.1. The monoisotopic (exact) mass is 336 g/mol. The highest BCUT2D eigenvalue weighted by Crippen LogP contribution is 2.39. The number of carbonyl (C=O) groups excluding carboxylic acids is 1. The van der Waals surface area contributed by atoms with Crippen molar-refractivity contribution in [3.05, 3.63) is 71.6 Å². The number of benzene rings is 1. The van der Waals surface area contributed by atoms with Crippen LogP contribution in [0.25, 0.3) is 0 Å². The molecule has 6 heteroatoms. The smallest absolute Gasteiger partial charge is 0.270 e. The van der Waals surface area contributed by atoms with Gasteiger partial charge in [-0.25, -0.2) is 0 Å². The molecule has 0 N–H and O–H groups in total. The Bertz CT molecular complexity index is 884. The third-order valence-electron chi connectivity index (χ3n) is 4.86. The molecule has 0 unspecified atom stereocenters. The summed E-state index contributed by atoms with van der Waals surface area (Å²) in [5.74, 6) is 1.41. The number of aromatic nitrogens is 3. The Balaban J connectivity index is 1.67. The van der Waals surface area contributed by atoms with Gasteiger partial charge in [-0.1, -0.05) is 35.5 Å². The molecule has 3 aromatic rings. The molecule has 1 saturated heterocycles. The molecule has 6 nitrogen and oxygen atoms in total. The lowest BCUT2D eigenvalue weighted by Crippen LogP contribution is -2.30. The summed E-state index contributed by atoms with van der Waals surface area (Å²) < 4.78 is 7.29. The summed E-state index contributed by atoms with van der Waals surface area (Å²) in [6.45, 7) is 3.03. The zero-order valence-electron chi connectivity index (χ0n) is 14.3. The van der Waals surface area contributed by atoms with Gasteiger partial charge in [-0.3, -0.25) is 4.79 Å². The summed E-state index contributed by atoms with van der Waals surface area (Å²) in [4.78, 5) is 19.2. The Morgan fingerprint density at radius 2 is 1.88 bits per heavy atom. The average molecular weight is 336 g/mol. The van der Waals surface area contributed by atoms with Crippen molar-refractivity contribution >= 4 is 5.91 Å². The topological polar surface area (TPSA) is 64.2 Å². The second-order valence-electron chi connectivity index (χ2n) is 6.52. The standard InChI is InChI=1S/C19H20N4O2/c1-13-20-18(25-21-13)16-12-23(19(24)17-9-6-10-22(17)2)11-15(16)14-7-4-3-5-8-14/h3-10,15-16H,11-12H2,1-2H3/t15-,16+/m1/s1.